The van der Waals surface area contributed by atoms with Gasteiger partial charge in [0.1, 0.15) is 4.90 Å². The molecule has 14 heteroatoms. The molecule has 1 heterocycles. The molecule has 180 valence electrons. The van der Waals surface area contributed by atoms with Gasteiger partial charge in [0.2, 0.25) is 10.0 Å². The second-order valence-electron chi connectivity index (χ2n) is 6.53. The number of hydrogen-bond acceptors (Lipinski definition) is 5. The second kappa shape index (κ2) is 9.96. The lowest BCUT2D eigenvalue weighted by Gasteiger charge is -2.20. The Kier molecular flexibility index (Phi) is 7.63. The van der Waals surface area contributed by atoms with Crippen molar-refractivity contribution in [1.29, 1.82) is 0 Å². The molecule has 0 aliphatic heterocycles. The molecular formula is C20H13Cl3F3N3O4S. The zero-order valence-electron chi connectivity index (χ0n) is 16.9. The van der Waals surface area contributed by atoms with Gasteiger partial charge in [0, 0.05) is 11.8 Å². The number of nitrogens with zero attached hydrogens (tertiary/aromatic N) is 1. The number of hydroxylamine groups is 1. The lowest BCUT2D eigenvalue weighted by Crippen LogP contribution is -2.29. The van der Waals surface area contributed by atoms with Gasteiger partial charge in [0.05, 0.1) is 20.6 Å². The zero-order valence-corrected chi connectivity index (χ0v) is 20.0. The van der Waals surface area contributed by atoms with Crippen LogP contribution in [0.4, 0.5) is 13.2 Å². The Bertz CT molecular complexity index is 1330. The molecule has 0 aliphatic carbocycles. The van der Waals surface area contributed by atoms with Gasteiger partial charge in [-0.1, -0.05) is 53.0 Å². The normalized spacial score (nSPS) is 11.9. The van der Waals surface area contributed by atoms with Crippen molar-refractivity contribution in [3.8, 4) is 16.9 Å². The minimum absolute atomic E-state index is 0.0714. The predicted octanol–water partition coefficient (Wildman–Crippen LogP) is 5.36. The number of nitrogens with one attached hydrogen (secondary N) is 2. The molecule has 0 spiro atoms. The summed E-state index contributed by atoms with van der Waals surface area (Å²) in [5, 5.41) is -0.432. The number of pyridine rings is 1. The standard InChI is InChI=1S/C20H13Cl3F3N3O4S/c1-27-34(31,32)14-9-28-18(20(24,25)26)17(33-29-19(30)10-5-3-2-4-6-10)15(14)11-7-12(21)16(23)13(22)8-11/h2-9,27H,1H3,(H,29,30). The molecule has 0 bridgehead atoms. The smallest absolute Gasteiger partial charge is 0.376 e. The van der Waals surface area contributed by atoms with Gasteiger partial charge in [-0.15, -0.1) is 0 Å². The first-order chi connectivity index (χ1) is 15.9. The molecule has 0 aliphatic rings. The zero-order chi connectivity index (χ0) is 25.3. The maximum absolute atomic E-state index is 13.8. The highest BCUT2D eigenvalue weighted by Gasteiger charge is 2.40. The number of carbonyl (C=O) groups excluding carboxylic acids is 1. The van der Waals surface area contributed by atoms with Crippen LogP contribution >= 0.6 is 34.8 Å². The van der Waals surface area contributed by atoms with E-state index in [-0.39, 0.29) is 26.2 Å². The first kappa shape index (κ1) is 26.0. The van der Waals surface area contributed by atoms with Gasteiger partial charge < -0.3 is 4.84 Å². The number of hydrogen-bond donors (Lipinski definition) is 2. The number of carbonyl (C=O) groups is 1. The molecule has 0 saturated heterocycles. The molecule has 3 rings (SSSR count). The fourth-order valence-electron chi connectivity index (χ4n) is 2.81. The molecule has 2 aromatic carbocycles. The van der Waals surface area contributed by atoms with Crippen LogP contribution in [0.25, 0.3) is 11.1 Å². The van der Waals surface area contributed by atoms with Crippen molar-refractivity contribution < 1.29 is 31.2 Å². The Labute approximate surface area is 206 Å². The van der Waals surface area contributed by atoms with Gasteiger partial charge >= 0.3 is 6.18 Å². The van der Waals surface area contributed by atoms with Gasteiger partial charge in [0.15, 0.2) is 11.4 Å². The Hall–Kier alpha value is -2.57. The van der Waals surface area contributed by atoms with E-state index in [1.165, 1.54) is 24.3 Å². The van der Waals surface area contributed by atoms with Crippen LogP contribution in [0, 0.1) is 0 Å². The van der Waals surface area contributed by atoms with Crippen molar-refractivity contribution in [2.45, 2.75) is 11.1 Å². The van der Waals surface area contributed by atoms with Crippen molar-refractivity contribution in [1.82, 2.24) is 15.2 Å². The molecule has 1 amide bonds. The predicted molar refractivity (Wildman–Crippen MR) is 120 cm³/mol. The van der Waals surface area contributed by atoms with E-state index in [0.29, 0.717) is 6.20 Å². The third-order valence-electron chi connectivity index (χ3n) is 4.38. The highest BCUT2D eigenvalue weighted by Crippen LogP contribution is 2.45. The minimum Gasteiger partial charge on any atom is -0.376 e. The number of alkyl halides is 3. The molecule has 2 N–H and O–H groups in total. The average Bonchev–Trinajstić information content (AvgIpc) is 2.79. The molecule has 0 unspecified atom stereocenters. The summed E-state index contributed by atoms with van der Waals surface area (Å²) in [5.74, 6) is -1.99. The average molecular weight is 555 g/mol. The molecule has 7 nitrogen and oxygen atoms in total. The van der Waals surface area contributed by atoms with E-state index in [9.17, 15) is 26.4 Å². The van der Waals surface area contributed by atoms with Crippen LogP contribution in [-0.4, -0.2) is 26.4 Å². The fraction of sp³-hybridized carbons (Fsp3) is 0.100. The third kappa shape index (κ3) is 5.39. The van der Waals surface area contributed by atoms with Crippen LogP contribution in [0.5, 0.6) is 5.75 Å². The van der Waals surface area contributed by atoms with E-state index in [1.807, 2.05) is 10.2 Å². The van der Waals surface area contributed by atoms with Gasteiger partial charge in [-0.25, -0.2) is 18.1 Å². The summed E-state index contributed by atoms with van der Waals surface area (Å²) in [5.41, 5.74) is -0.439. The number of benzene rings is 2. The van der Waals surface area contributed by atoms with E-state index in [0.717, 1.165) is 19.2 Å². The molecule has 0 fully saturated rings. The van der Waals surface area contributed by atoms with E-state index in [2.05, 4.69) is 4.98 Å². The first-order valence-electron chi connectivity index (χ1n) is 9.07. The van der Waals surface area contributed by atoms with Crippen molar-refractivity contribution in [3.05, 3.63) is 75.0 Å². The van der Waals surface area contributed by atoms with Crippen molar-refractivity contribution in [2.24, 2.45) is 0 Å². The minimum atomic E-state index is -5.09. The molecule has 0 atom stereocenters. The van der Waals surface area contributed by atoms with E-state index in [1.54, 1.807) is 6.07 Å². The van der Waals surface area contributed by atoms with Gasteiger partial charge in [-0.05, 0) is 36.9 Å². The van der Waals surface area contributed by atoms with Crippen LogP contribution in [-0.2, 0) is 16.2 Å². The van der Waals surface area contributed by atoms with Crippen molar-refractivity contribution in [2.75, 3.05) is 7.05 Å². The second-order valence-corrected chi connectivity index (χ2v) is 9.58. The quantitative estimate of drug-likeness (QED) is 0.316. The van der Waals surface area contributed by atoms with E-state index in [4.69, 9.17) is 39.6 Å². The highest BCUT2D eigenvalue weighted by atomic mass is 35.5. The molecule has 3 aromatic rings. The van der Waals surface area contributed by atoms with Crippen LogP contribution < -0.4 is 15.0 Å². The largest absolute Gasteiger partial charge is 0.437 e. The fourth-order valence-corrected chi connectivity index (χ4v) is 4.30. The van der Waals surface area contributed by atoms with Gasteiger partial charge in [-0.2, -0.15) is 18.7 Å². The van der Waals surface area contributed by atoms with Crippen molar-refractivity contribution in [3.63, 3.8) is 0 Å². The van der Waals surface area contributed by atoms with Gasteiger partial charge in [-0.3, -0.25) is 4.79 Å². The van der Waals surface area contributed by atoms with Gasteiger partial charge in [0.25, 0.3) is 5.91 Å². The lowest BCUT2D eigenvalue weighted by atomic mass is 10.0. The van der Waals surface area contributed by atoms with Crippen LogP contribution in [0.3, 0.4) is 0 Å². The summed E-state index contributed by atoms with van der Waals surface area (Å²) < 4.78 is 68.8. The summed E-state index contributed by atoms with van der Waals surface area (Å²) in [4.78, 5) is 20.0. The maximum atomic E-state index is 13.8. The van der Waals surface area contributed by atoms with E-state index >= 15 is 0 Å². The first-order valence-corrected chi connectivity index (χ1v) is 11.7. The third-order valence-corrected chi connectivity index (χ3v) is 7.00. The number of halogens is 6. The van der Waals surface area contributed by atoms with Crippen LogP contribution in [0.1, 0.15) is 16.1 Å². The molecule has 34 heavy (non-hydrogen) atoms. The summed E-state index contributed by atoms with van der Waals surface area (Å²) in [6.07, 6.45) is -4.59. The van der Waals surface area contributed by atoms with E-state index < -0.39 is 44.0 Å². The monoisotopic (exact) mass is 553 g/mol. The summed E-state index contributed by atoms with van der Waals surface area (Å²) >= 11 is 18.0. The number of aromatic nitrogens is 1. The number of amides is 1. The Morgan fingerprint density at radius 2 is 1.65 bits per heavy atom. The lowest BCUT2D eigenvalue weighted by molar-refractivity contribution is -0.143. The topological polar surface area (TPSA) is 97.4 Å². The molecule has 0 radical (unpaired) electrons. The Morgan fingerprint density at radius 3 is 2.18 bits per heavy atom. The summed E-state index contributed by atoms with van der Waals surface area (Å²) in [6, 6.07) is 9.67. The molecular weight excluding hydrogens is 542 g/mol. The molecule has 0 saturated carbocycles. The highest BCUT2D eigenvalue weighted by molar-refractivity contribution is 7.89. The molecule has 1 aromatic heterocycles. The Balaban J connectivity index is 2.29. The van der Waals surface area contributed by atoms with Crippen LogP contribution in [0.15, 0.2) is 53.6 Å². The van der Waals surface area contributed by atoms with Crippen molar-refractivity contribution >= 4 is 50.7 Å². The maximum Gasteiger partial charge on any atom is 0.437 e. The Morgan fingerprint density at radius 1 is 1.06 bits per heavy atom. The SMILES string of the molecule is CNS(=O)(=O)c1cnc(C(F)(F)F)c(ONC(=O)c2ccccc2)c1-c1cc(Cl)c(Cl)c(Cl)c1. The summed E-state index contributed by atoms with van der Waals surface area (Å²) in [7, 11) is -3.33. The number of sulfonamides is 1. The summed E-state index contributed by atoms with van der Waals surface area (Å²) in [6.45, 7) is 0. The number of rotatable bonds is 6. The van der Waals surface area contributed by atoms with Crippen LogP contribution in [0.2, 0.25) is 15.1 Å².